The molecule has 1 fully saturated rings. The lowest BCUT2D eigenvalue weighted by Gasteiger charge is -2.23. The molecule has 0 aromatic heterocycles. The molecule has 0 heterocycles. The highest BCUT2D eigenvalue weighted by atomic mass is 35.5. The Morgan fingerprint density at radius 2 is 2.00 bits per heavy atom. The maximum absolute atomic E-state index is 12.5. The van der Waals surface area contributed by atoms with E-state index in [1.807, 2.05) is 13.1 Å². The van der Waals surface area contributed by atoms with Gasteiger partial charge in [-0.3, -0.25) is 4.79 Å². The van der Waals surface area contributed by atoms with Crippen molar-refractivity contribution in [2.75, 3.05) is 12.4 Å². The topological polar surface area (TPSA) is 41.1 Å². The molecule has 2 N–H and O–H groups in total. The molecule has 1 aliphatic rings. The van der Waals surface area contributed by atoms with Crippen LogP contribution in [0.4, 0.5) is 5.69 Å². The van der Waals surface area contributed by atoms with E-state index in [2.05, 4.69) is 17.6 Å². The van der Waals surface area contributed by atoms with Gasteiger partial charge in [0.15, 0.2) is 0 Å². The largest absolute Gasteiger partial charge is 0.387 e. The molecule has 2 atom stereocenters. The lowest BCUT2D eigenvalue weighted by molar-refractivity contribution is 0.0922. The molecule has 0 spiro atoms. The van der Waals surface area contributed by atoms with Crippen molar-refractivity contribution >= 4 is 23.2 Å². The summed E-state index contributed by atoms with van der Waals surface area (Å²) < 4.78 is 0. The summed E-state index contributed by atoms with van der Waals surface area (Å²) in [6, 6.07) is 5.63. The first-order chi connectivity index (χ1) is 9.61. The number of carbonyl (C=O) groups is 1. The molecule has 0 radical (unpaired) electrons. The molecule has 1 aromatic carbocycles. The molecule has 3 nitrogen and oxygen atoms in total. The average Bonchev–Trinajstić information content (AvgIpc) is 2.64. The summed E-state index contributed by atoms with van der Waals surface area (Å²) in [5.41, 5.74) is 1.43. The zero-order valence-corrected chi connectivity index (χ0v) is 13.0. The summed E-state index contributed by atoms with van der Waals surface area (Å²) in [6.07, 6.45) is 6.01. The zero-order chi connectivity index (χ0) is 14.5. The van der Waals surface area contributed by atoms with Gasteiger partial charge in [0.1, 0.15) is 0 Å². The Kier molecular flexibility index (Phi) is 5.30. The molecule has 20 heavy (non-hydrogen) atoms. The molecule has 1 amide bonds. The van der Waals surface area contributed by atoms with Crippen molar-refractivity contribution < 1.29 is 4.79 Å². The standard InChI is InChI=1S/C16H23ClN2O/c1-11-6-4-3-5-7-14(11)19-16(20)13-10-12(17)8-9-15(13)18-2/h8-11,14,18H,3-7H2,1-2H3,(H,19,20). The zero-order valence-electron chi connectivity index (χ0n) is 12.2. The van der Waals surface area contributed by atoms with Gasteiger partial charge in [0.25, 0.3) is 5.91 Å². The number of nitrogens with one attached hydrogen (secondary N) is 2. The number of carbonyl (C=O) groups excluding carboxylic acids is 1. The van der Waals surface area contributed by atoms with Gasteiger partial charge in [0, 0.05) is 23.8 Å². The maximum Gasteiger partial charge on any atom is 0.253 e. The third-order valence-corrected chi connectivity index (χ3v) is 4.41. The number of hydrogen-bond donors (Lipinski definition) is 2. The lowest BCUT2D eigenvalue weighted by atomic mass is 9.96. The smallest absolute Gasteiger partial charge is 0.253 e. The molecule has 1 aliphatic carbocycles. The highest BCUT2D eigenvalue weighted by Gasteiger charge is 2.23. The van der Waals surface area contributed by atoms with E-state index in [4.69, 9.17) is 11.6 Å². The average molecular weight is 295 g/mol. The monoisotopic (exact) mass is 294 g/mol. The highest BCUT2D eigenvalue weighted by Crippen LogP contribution is 2.25. The van der Waals surface area contributed by atoms with Gasteiger partial charge >= 0.3 is 0 Å². The Balaban J connectivity index is 2.12. The first-order valence-corrected chi connectivity index (χ1v) is 7.77. The van der Waals surface area contributed by atoms with Crippen LogP contribution in [0.5, 0.6) is 0 Å². The fourth-order valence-corrected chi connectivity index (χ4v) is 3.05. The van der Waals surface area contributed by atoms with Crippen LogP contribution in [0, 0.1) is 5.92 Å². The van der Waals surface area contributed by atoms with E-state index in [0.717, 1.165) is 12.1 Å². The molecule has 4 heteroatoms. The molecular weight excluding hydrogens is 272 g/mol. The van der Waals surface area contributed by atoms with Gasteiger partial charge in [-0.1, -0.05) is 37.8 Å². The van der Waals surface area contributed by atoms with Gasteiger partial charge < -0.3 is 10.6 Å². The first kappa shape index (κ1) is 15.2. The predicted octanol–water partition coefficient (Wildman–Crippen LogP) is 4.08. The lowest BCUT2D eigenvalue weighted by Crippen LogP contribution is -2.39. The molecule has 0 aliphatic heterocycles. The summed E-state index contributed by atoms with van der Waals surface area (Å²) in [7, 11) is 1.81. The van der Waals surface area contributed by atoms with E-state index in [0.29, 0.717) is 16.5 Å². The Morgan fingerprint density at radius 1 is 1.25 bits per heavy atom. The maximum atomic E-state index is 12.5. The second-order valence-corrected chi connectivity index (χ2v) is 6.07. The van der Waals surface area contributed by atoms with Crippen molar-refractivity contribution in [2.45, 2.75) is 45.1 Å². The van der Waals surface area contributed by atoms with Crippen LogP contribution in [0.25, 0.3) is 0 Å². The molecule has 0 saturated heterocycles. The fourth-order valence-electron chi connectivity index (χ4n) is 2.88. The van der Waals surface area contributed by atoms with E-state index in [9.17, 15) is 4.79 Å². The van der Waals surface area contributed by atoms with Crippen LogP contribution in [-0.2, 0) is 0 Å². The van der Waals surface area contributed by atoms with Crippen molar-refractivity contribution in [1.82, 2.24) is 5.32 Å². The van der Waals surface area contributed by atoms with Crippen molar-refractivity contribution in [3.63, 3.8) is 0 Å². The van der Waals surface area contributed by atoms with Crippen molar-refractivity contribution in [3.05, 3.63) is 28.8 Å². The van der Waals surface area contributed by atoms with E-state index in [1.165, 1.54) is 25.7 Å². The van der Waals surface area contributed by atoms with E-state index >= 15 is 0 Å². The van der Waals surface area contributed by atoms with Gasteiger partial charge in [-0.15, -0.1) is 0 Å². The summed E-state index contributed by atoms with van der Waals surface area (Å²) >= 11 is 6.01. The molecule has 0 bridgehead atoms. The fraction of sp³-hybridized carbons (Fsp3) is 0.562. The second kappa shape index (κ2) is 6.98. The van der Waals surface area contributed by atoms with E-state index in [1.54, 1.807) is 12.1 Å². The summed E-state index contributed by atoms with van der Waals surface area (Å²) in [5, 5.41) is 6.82. The van der Waals surface area contributed by atoms with E-state index in [-0.39, 0.29) is 11.9 Å². The Morgan fingerprint density at radius 3 is 2.75 bits per heavy atom. The highest BCUT2D eigenvalue weighted by molar-refractivity contribution is 6.31. The van der Waals surface area contributed by atoms with Crippen LogP contribution in [0.3, 0.4) is 0 Å². The minimum absolute atomic E-state index is 0.0319. The predicted molar refractivity (Wildman–Crippen MR) is 84.5 cm³/mol. The Hall–Kier alpha value is -1.22. The van der Waals surface area contributed by atoms with Crippen LogP contribution in [-0.4, -0.2) is 19.0 Å². The quantitative estimate of drug-likeness (QED) is 0.825. The van der Waals surface area contributed by atoms with Gasteiger partial charge in [0.2, 0.25) is 0 Å². The third-order valence-electron chi connectivity index (χ3n) is 4.17. The molecule has 110 valence electrons. The third kappa shape index (κ3) is 3.66. The number of hydrogen-bond acceptors (Lipinski definition) is 2. The van der Waals surface area contributed by atoms with Crippen LogP contribution in [0.15, 0.2) is 18.2 Å². The molecule has 1 aromatic rings. The van der Waals surface area contributed by atoms with Gasteiger partial charge in [-0.05, 0) is 37.0 Å². The van der Waals surface area contributed by atoms with Gasteiger partial charge in [0.05, 0.1) is 5.56 Å². The molecule has 2 unspecified atom stereocenters. The number of amides is 1. The second-order valence-electron chi connectivity index (χ2n) is 5.64. The normalized spacial score (nSPS) is 22.9. The van der Waals surface area contributed by atoms with Gasteiger partial charge in [-0.25, -0.2) is 0 Å². The SMILES string of the molecule is CNc1ccc(Cl)cc1C(=O)NC1CCCCCC1C. The van der Waals surface area contributed by atoms with Crippen molar-refractivity contribution in [1.29, 1.82) is 0 Å². The summed E-state index contributed by atoms with van der Waals surface area (Å²) in [6.45, 7) is 2.23. The van der Waals surface area contributed by atoms with Crippen LogP contribution in [0.2, 0.25) is 5.02 Å². The van der Waals surface area contributed by atoms with Crippen molar-refractivity contribution in [3.8, 4) is 0 Å². The Bertz CT molecular complexity index is 476. The molecule has 2 rings (SSSR count). The summed E-state index contributed by atoms with van der Waals surface area (Å²) in [4.78, 5) is 12.5. The number of benzene rings is 1. The van der Waals surface area contributed by atoms with Crippen LogP contribution < -0.4 is 10.6 Å². The number of anilines is 1. The summed E-state index contributed by atoms with van der Waals surface area (Å²) in [5.74, 6) is 0.509. The Labute approximate surface area is 126 Å². The number of halogens is 1. The van der Waals surface area contributed by atoms with Gasteiger partial charge in [-0.2, -0.15) is 0 Å². The minimum atomic E-state index is -0.0319. The van der Waals surface area contributed by atoms with E-state index < -0.39 is 0 Å². The molecular formula is C16H23ClN2O. The van der Waals surface area contributed by atoms with Crippen molar-refractivity contribution in [2.24, 2.45) is 5.92 Å². The first-order valence-electron chi connectivity index (χ1n) is 7.40. The van der Waals surface area contributed by atoms with Crippen LogP contribution >= 0.6 is 11.6 Å². The van der Waals surface area contributed by atoms with Crippen LogP contribution in [0.1, 0.15) is 49.4 Å². The molecule has 1 saturated carbocycles. The number of rotatable bonds is 3. The minimum Gasteiger partial charge on any atom is -0.387 e.